The molecule has 0 amide bonds. The molecule has 0 aliphatic carbocycles. The first-order valence-electron chi connectivity index (χ1n) is 30.5. The van der Waals surface area contributed by atoms with Gasteiger partial charge in [0.25, 0.3) is 0 Å². The molecule has 0 saturated carbocycles. The molecule has 15 rings (SSSR count). The third-order valence-electron chi connectivity index (χ3n) is 14.2. The fourth-order valence-corrected chi connectivity index (χ4v) is 9.84. The number of hydrogen-bond acceptors (Lipinski definition) is 13. The van der Waals surface area contributed by atoms with Gasteiger partial charge in [0, 0.05) is 149 Å². The standard InChI is InChI=1S/C22H16N2O2.C16H12N.2C15H10N.C8H8N4.C5H8O2.2CHO.3Ir.Os.Pt/c25-21-13-3-1-7-15(21)17-9-5-11-19(23-17)20-12-6-10-18(24-20)16-8-2-4-14-22(16)26;1-12-6-5-9-16-14(12)10-11-15(17-16)13-7-3-2-4-8-13;2*1-2-7-13(8-3-1)15-14-9-5-4-6-12(14)10-11-16-15;1-12-6-10-8(11-12)7-4-2-3-5-9-7;1-4(6)3-5(2)7;2*1-2;;;;;/h1-14,25-26H;2-7,9-11H,1H3;2*1-7,9-11H;2-6H,1H3;3,6H,1-2H3;2*1H;;;;;/q;3*-1;;;2*-1;;;;;. The summed E-state index contributed by atoms with van der Waals surface area (Å²) >= 11 is 0. The SMILES string of the molecule is CC(=O)C=C(C)O.C[n+]1c[n-]c(-c2ccccn2)n1.Cc1cccc2nc(-c3[c-]cccc3)ccc12.Oc1ccccc1-c1cccc(-c2cccc(-c3ccccc3O)n2)n1.[CH-]=O.[CH-]=O.[Ir].[Ir].[Ir].[Os].[Pt].[c-]1ccccc1-c1nccc2ccccc12.[c-]1ccccc1-c1nccc2ccccc12. The number of rotatable bonds is 8. The van der Waals surface area contributed by atoms with E-state index in [1.54, 1.807) is 41.5 Å². The number of hydrogen-bond donors (Lipinski definition) is 3. The van der Waals surface area contributed by atoms with Gasteiger partial charge in [-0.05, 0) is 144 Å². The monoisotopic (exact) mass is 2250 g/mol. The molecule has 0 fully saturated rings. The van der Waals surface area contributed by atoms with E-state index in [0.717, 1.165) is 45.0 Å². The van der Waals surface area contributed by atoms with Crippen molar-refractivity contribution in [2.24, 2.45) is 7.05 Å². The molecule has 0 unspecified atom stereocenters. The molecule has 20 heteroatoms. The predicted molar refractivity (Wildman–Crippen MR) is 387 cm³/mol. The summed E-state index contributed by atoms with van der Waals surface area (Å²) in [5.74, 6) is 0.978. The number of aromatic nitrogens is 9. The van der Waals surface area contributed by atoms with Crippen LogP contribution in [0, 0.1) is 25.1 Å². The number of benzene rings is 8. The minimum Gasteiger partial charge on any atom is -0.545 e. The molecule has 7 aromatic heterocycles. The van der Waals surface area contributed by atoms with Gasteiger partial charge in [-0.25, -0.2) is 15.0 Å². The molecule has 0 bridgehead atoms. The third-order valence-corrected chi connectivity index (χ3v) is 14.2. The summed E-state index contributed by atoms with van der Waals surface area (Å²) in [6.45, 7) is 11.5. The van der Waals surface area contributed by atoms with Gasteiger partial charge in [-0.15, -0.1) is 113 Å². The van der Waals surface area contributed by atoms with Crippen molar-refractivity contribution in [1.29, 1.82) is 0 Å². The quantitative estimate of drug-likeness (QED) is 0.0424. The van der Waals surface area contributed by atoms with E-state index >= 15 is 0 Å². The van der Waals surface area contributed by atoms with Crippen molar-refractivity contribution >= 4 is 51.8 Å². The van der Waals surface area contributed by atoms with Gasteiger partial charge in [0.05, 0.1) is 34.1 Å². The smallest absolute Gasteiger partial charge is 0.199 e. The fourth-order valence-electron chi connectivity index (χ4n) is 9.84. The van der Waals surface area contributed by atoms with Crippen LogP contribution in [0.1, 0.15) is 19.4 Å². The number of carbonyl (C=O) groups is 1. The normalized spacial score (nSPS) is 9.73. The number of para-hydroxylation sites is 2. The first kappa shape index (κ1) is 87.2. The summed E-state index contributed by atoms with van der Waals surface area (Å²) in [5.41, 5.74) is 13.3. The van der Waals surface area contributed by atoms with E-state index < -0.39 is 0 Å². The Kier molecular flexibility index (Phi) is 39.4. The average molecular weight is 2250 g/mol. The minimum atomic E-state index is -0.125. The Morgan fingerprint density at radius 1 is 0.447 bits per heavy atom. The van der Waals surface area contributed by atoms with E-state index in [1.165, 1.54) is 52.4 Å². The second-order valence-corrected chi connectivity index (χ2v) is 21.1. The Hall–Kier alpha value is -10.00. The van der Waals surface area contributed by atoms with E-state index in [0.29, 0.717) is 39.7 Å². The Bertz CT molecular complexity index is 4840. The molecule has 8 aromatic carbocycles. The topological polar surface area (TPSA) is 220 Å². The zero-order valence-corrected chi connectivity index (χ0v) is 67.7. The molecule has 15 aromatic rings. The maximum atomic E-state index is 10.1. The van der Waals surface area contributed by atoms with Crippen molar-refractivity contribution in [3.8, 4) is 90.7 Å². The second kappa shape index (κ2) is 46.5. The molecular weight excluding hydrogens is 2180 g/mol. The average Bonchev–Trinajstić information content (AvgIpc) is 1.54. The number of carbonyl (C=O) groups excluding carboxylic acids is 3. The zero-order chi connectivity index (χ0) is 69.4. The molecule has 103 heavy (non-hydrogen) atoms. The van der Waals surface area contributed by atoms with Gasteiger partial charge >= 0.3 is 0 Å². The summed E-state index contributed by atoms with van der Waals surface area (Å²) in [6, 6.07) is 95.5. The van der Waals surface area contributed by atoms with Crippen LogP contribution in [-0.2, 0) is 123 Å². The number of phenolic OH excluding ortho intramolecular Hbond substituents is 2. The van der Waals surface area contributed by atoms with Gasteiger partial charge in [0.2, 0.25) is 0 Å². The molecule has 3 N–H and O–H groups in total. The number of ketones is 1. The number of allylic oxidation sites excluding steroid dienone is 2. The number of aliphatic hydroxyl groups is 1. The van der Waals surface area contributed by atoms with Gasteiger partial charge in [0.15, 0.2) is 11.6 Å². The molecule has 7 heterocycles. The van der Waals surface area contributed by atoms with Gasteiger partial charge in [-0.3, -0.25) is 33.0 Å². The van der Waals surface area contributed by atoms with Gasteiger partial charge in [-0.2, -0.15) is 0 Å². The van der Waals surface area contributed by atoms with E-state index in [-0.39, 0.29) is 124 Å². The minimum absolute atomic E-state index is 0. The van der Waals surface area contributed by atoms with Crippen molar-refractivity contribution in [2.45, 2.75) is 20.8 Å². The van der Waals surface area contributed by atoms with Crippen LogP contribution in [-0.4, -0.2) is 69.7 Å². The summed E-state index contributed by atoms with van der Waals surface area (Å²) in [7, 11) is 1.83. The summed E-state index contributed by atoms with van der Waals surface area (Å²) in [4.78, 5) is 56.6. The summed E-state index contributed by atoms with van der Waals surface area (Å²) in [6.07, 6.45) is 8.24. The number of phenols is 2. The fraction of sp³-hybridized carbons (Fsp3) is 0.0482. The van der Waals surface area contributed by atoms with Crippen LogP contribution in [0.2, 0.25) is 0 Å². The van der Waals surface area contributed by atoms with E-state index in [4.69, 9.17) is 14.7 Å². The number of fused-ring (bicyclic) bond motifs is 3. The maximum absolute atomic E-state index is 10.1. The van der Waals surface area contributed by atoms with Crippen LogP contribution in [0.5, 0.6) is 11.5 Å². The predicted octanol–water partition coefficient (Wildman–Crippen LogP) is 16.7. The van der Waals surface area contributed by atoms with Gasteiger partial charge < -0.3 is 34.9 Å². The molecular formula is C83H66Ir3N9O6OsPt-5. The van der Waals surface area contributed by atoms with Crippen LogP contribution in [0.15, 0.2) is 304 Å². The third kappa shape index (κ3) is 25.8. The Morgan fingerprint density at radius 2 is 0.883 bits per heavy atom. The van der Waals surface area contributed by atoms with Crippen molar-refractivity contribution in [3.05, 3.63) is 327 Å². The molecule has 0 atom stereocenters. The van der Waals surface area contributed by atoms with Crippen LogP contribution in [0.3, 0.4) is 0 Å². The molecule has 0 aliphatic rings. The summed E-state index contributed by atoms with van der Waals surface area (Å²) in [5, 5.41) is 38.6. The second-order valence-electron chi connectivity index (χ2n) is 21.1. The largest absolute Gasteiger partial charge is 0.545 e. The number of aromatic hydroxyl groups is 2. The maximum Gasteiger partial charge on any atom is 0.199 e. The first-order chi connectivity index (χ1) is 47.9. The molecule has 0 spiro atoms. The van der Waals surface area contributed by atoms with E-state index in [2.05, 4.69) is 127 Å². The first-order valence-corrected chi connectivity index (χ1v) is 30.5. The molecule has 0 aliphatic heterocycles. The Morgan fingerprint density at radius 3 is 1.31 bits per heavy atom. The van der Waals surface area contributed by atoms with Crippen molar-refractivity contribution in [3.63, 3.8) is 0 Å². The molecule has 15 nitrogen and oxygen atoms in total. The zero-order valence-electron chi connectivity index (χ0n) is 55.7. The van der Waals surface area contributed by atoms with Crippen molar-refractivity contribution in [1.82, 2.24) is 40.0 Å². The van der Waals surface area contributed by atoms with E-state index in [1.807, 2.05) is 214 Å². The van der Waals surface area contributed by atoms with Crippen LogP contribution in [0.4, 0.5) is 0 Å². The van der Waals surface area contributed by atoms with Gasteiger partial charge in [-0.1, -0.05) is 115 Å². The molecule has 0 saturated heterocycles. The molecule has 3 radical (unpaired) electrons. The van der Waals surface area contributed by atoms with Crippen LogP contribution in [0.25, 0.3) is 112 Å². The number of aliphatic hydroxyl groups excluding tert-OH is 1. The number of nitrogens with zero attached hydrogens (tertiary/aromatic N) is 9. The van der Waals surface area contributed by atoms with Crippen molar-refractivity contribution < 1.29 is 136 Å². The van der Waals surface area contributed by atoms with Crippen LogP contribution >= 0.6 is 0 Å². The Balaban J connectivity index is 0.000000325. The van der Waals surface area contributed by atoms with Crippen molar-refractivity contribution in [2.75, 3.05) is 0 Å². The molecule has 529 valence electrons. The number of pyridine rings is 6. The van der Waals surface area contributed by atoms with Gasteiger partial charge in [0.1, 0.15) is 23.5 Å². The summed E-state index contributed by atoms with van der Waals surface area (Å²) < 4.78 is 1.66. The van der Waals surface area contributed by atoms with E-state index in [9.17, 15) is 15.0 Å². The van der Waals surface area contributed by atoms with Crippen LogP contribution < -0.4 is 9.67 Å². The Labute approximate surface area is 667 Å². The number of aryl methyl sites for hydroxylation is 2.